The van der Waals surface area contributed by atoms with Gasteiger partial charge in [-0.15, -0.1) is 0 Å². The number of carboxylic acids is 1. The molecule has 0 spiro atoms. The van der Waals surface area contributed by atoms with Crippen LogP contribution in [0.4, 0.5) is 0 Å². The number of benzene rings is 1. The van der Waals surface area contributed by atoms with Crippen LogP contribution in [0.25, 0.3) is 11.3 Å². The predicted octanol–water partition coefficient (Wildman–Crippen LogP) is 3.34. The average Bonchev–Trinajstić information content (AvgIpc) is 2.58. The summed E-state index contributed by atoms with van der Waals surface area (Å²) in [6.45, 7) is 1.40. The van der Waals surface area contributed by atoms with E-state index < -0.39 is 5.97 Å². The Hall–Kier alpha value is -2.40. The number of carbonyl (C=O) groups is 1. The Morgan fingerprint density at radius 3 is 2.65 bits per heavy atom. The second-order valence-electron chi connectivity index (χ2n) is 5.29. The van der Waals surface area contributed by atoms with Crippen LogP contribution < -0.4 is 10.5 Å². The first kappa shape index (κ1) is 17.0. The van der Waals surface area contributed by atoms with Crippen molar-refractivity contribution in [2.75, 3.05) is 13.2 Å². The molecule has 1 heterocycles. The van der Waals surface area contributed by atoms with Crippen molar-refractivity contribution < 1.29 is 14.6 Å². The Morgan fingerprint density at radius 1 is 1.09 bits per heavy atom. The molecule has 0 aliphatic carbocycles. The zero-order chi connectivity index (χ0) is 16.5. The zero-order valence-electron chi connectivity index (χ0n) is 13.1. The second-order valence-corrected chi connectivity index (χ2v) is 5.29. The summed E-state index contributed by atoms with van der Waals surface area (Å²) >= 11 is 0. The fourth-order valence-corrected chi connectivity index (χ4v) is 2.25. The number of ether oxygens (including phenoxy) is 1. The maximum atomic E-state index is 11.0. The largest absolute Gasteiger partial charge is 0.494 e. The van der Waals surface area contributed by atoms with Gasteiger partial charge in [-0.3, -0.25) is 0 Å². The lowest BCUT2D eigenvalue weighted by Crippen LogP contribution is -2.01. The maximum Gasteiger partial charge on any atom is 0.354 e. The molecule has 0 atom stereocenters. The minimum absolute atomic E-state index is 0.0359. The molecular formula is C18H22N2O3. The molecule has 0 fully saturated rings. The van der Waals surface area contributed by atoms with Crippen molar-refractivity contribution in [3.63, 3.8) is 0 Å². The van der Waals surface area contributed by atoms with Crippen LogP contribution in [0.2, 0.25) is 0 Å². The number of pyridine rings is 1. The molecule has 0 aliphatic rings. The first-order chi connectivity index (χ1) is 11.2. The Kier molecular flexibility index (Phi) is 6.56. The summed E-state index contributed by atoms with van der Waals surface area (Å²) in [5.74, 6) is -0.263. The lowest BCUT2D eigenvalue weighted by molar-refractivity contribution is 0.0690. The Labute approximate surface area is 136 Å². The number of aromatic nitrogens is 1. The molecule has 5 nitrogen and oxygen atoms in total. The fraction of sp³-hybridized carbons (Fsp3) is 0.333. The second kappa shape index (κ2) is 8.90. The van der Waals surface area contributed by atoms with Gasteiger partial charge in [-0.2, -0.15) is 0 Å². The summed E-state index contributed by atoms with van der Waals surface area (Å²) in [6, 6.07) is 12.5. The van der Waals surface area contributed by atoms with Crippen LogP contribution in [-0.4, -0.2) is 29.2 Å². The van der Waals surface area contributed by atoms with Crippen molar-refractivity contribution in [2.24, 2.45) is 5.73 Å². The third kappa shape index (κ3) is 5.38. The Bertz CT molecular complexity index is 644. The summed E-state index contributed by atoms with van der Waals surface area (Å²) in [5.41, 5.74) is 6.96. The van der Waals surface area contributed by atoms with Gasteiger partial charge in [-0.1, -0.05) is 31.0 Å². The number of unbranched alkanes of at least 4 members (excludes halogenated alkanes) is 3. The molecule has 2 aromatic rings. The number of hydrogen-bond donors (Lipinski definition) is 2. The molecule has 2 rings (SSSR count). The molecule has 0 amide bonds. The van der Waals surface area contributed by atoms with Gasteiger partial charge in [0, 0.05) is 5.56 Å². The van der Waals surface area contributed by atoms with Gasteiger partial charge < -0.3 is 15.6 Å². The van der Waals surface area contributed by atoms with Gasteiger partial charge in [0.2, 0.25) is 0 Å². The minimum atomic E-state index is -1.03. The monoisotopic (exact) mass is 314 g/mol. The van der Waals surface area contributed by atoms with E-state index in [1.165, 1.54) is 6.07 Å². The van der Waals surface area contributed by atoms with Gasteiger partial charge in [0.1, 0.15) is 11.4 Å². The fourth-order valence-electron chi connectivity index (χ4n) is 2.25. The van der Waals surface area contributed by atoms with Crippen LogP contribution in [0.3, 0.4) is 0 Å². The van der Waals surface area contributed by atoms with Crippen molar-refractivity contribution in [3.8, 4) is 17.0 Å². The Morgan fingerprint density at radius 2 is 1.87 bits per heavy atom. The molecule has 0 saturated carbocycles. The van der Waals surface area contributed by atoms with E-state index in [0.717, 1.165) is 43.5 Å². The van der Waals surface area contributed by atoms with E-state index in [1.54, 1.807) is 12.1 Å². The van der Waals surface area contributed by atoms with Crippen molar-refractivity contribution in [3.05, 3.63) is 48.2 Å². The van der Waals surface area contributed by atoms with Gasteiger partial charge in [-0.25, -0.2) is 9.78 Å². The molecule has 0 saturated heterocycles. The number of hydrogen-bond acceptors (Lipinski definition) is 4. The number of rotatable bonds is 9. The van der Waals surface area contributed by atoms with Crippen molar-refractivity contribution in [1.82, 2.24) is 4.98 Å². The third-order valence-electron chi connectivity index (χ3n) is 3.47. The number of nitrogens with zero attached hydrogens (tertiary/aromatic N) is 1. The summed E-state index contributed by atoms with van der Waals surface area (Å²) in [4.78, 5) is 15.2. The topological polar surface area (TPSA) is 85.4 Å². The van der Waals surface area contributed by atoms with E-state index in [2.05, 4.69) is 4.98 Å². The molecule has 122 valence electrons. The smallest absolute Gasteiger partial charge is 0.354 e. The van der Waals surface area contributed by atoms with E-state index in [9.17, 15) is 4.79 Å². The van der Waals surface area contributed by atoms with Crippen LogP contribution in [0.1, 0.15) is 36.2 Å². The van der Waals surface area contributed by atoms with Gasteiger partial charge in [0.05, 0.1) is 12.3 Å². The number of aromatic carboxylic acids is 1. The maximum absolute atomic E-state index is 11.0. The van der Waals surface area contributed by atoms with E-state index >= 15 is 0 Å². The predicted molar refractivity (Wildman–Crippen MR) is 89.6 cm³/mol. The zero-order valence-corrected chi connectivity index (χ0v) is 13.1. The standard InChI is InChI=1S/C18H22N2O3/c19-11-3-1-2-4-12-23-15-8-5-7-14(13-15)16-9-6-10-17(20-16)18(21)22/h5-10,13H,1-4,11-12,19H2,(H,21,22). The molecule has 3 N–H and O–H groups in total. The van der Waals surface area contributed by atoms with E-state index in [4.69, 9.17) is 15.6 Å². The first-order valence-corrected chi connectivity index (χ1v) is 7.84. The van der Waals surface area contributed by atoms with Crippen LogP contribution in [0.15, 0.2) is 42.5 Å². The van der Waals surface area contributed by atoms with Gasteiger partial charge >= 0.3 is 5.97 Å². The molecule has 1 aromatic heterocycles. The van der Waals surface area contributed by atoms with Crippen LogP contribution in [0.5, 0.6) is 5.75 Å². The molecule has 0 bridgehead atoms. The quantitative estimate of drug-likeness (QED) is 0.693. The molecule has 0 aliphatic heterocycles. The first-order valence-electron chi connectivity index (χ1n) is 7.84. The van der Waals surface area contributed by atoms with Crippen molar-refractivity contribution in [1.29, 1.82) is 0 Å². The molecular weight excluding hydrogens is 292 g/mol. The van der Waals surface area contributed by atoms with Gasteiger partial charge in [-0.05, 0) is 43.7 Å². The van der Waals surface area contributed by atoms with Crippen LogP contribution in [-0.2, 0) is 0 Å². The number of nitrogens with two attached hydrogens (primary N) is 1. The average molecular weight is 314 g/mol. The summed E-state index contributed by atoms with van der Waals surface area (Å²) in [7, 11) is 0. The summed E-state index contributed by atoms with van der Waals surface area (Å²) in [6.07, 6.45) is 4.29. The highest BCUT2D eigenvalue weighted by atomic mass is 16.5. The highest BCUT2D eigenvalue weighted by Crippen LogP contribution is 2.22. The van der Waals surface area contributed by atoms with Crippen LogP contribution in [0, 0.1) is 0 Å². The van der Waals surface area contributed by atoms with Gasteiger partial charge in [0.15, 0.2) is 0 Å². The van der Waals surface area contributed by atoms with E-state index in [-0.39, 0.29) is 5.69 Å². The number of carboxylic acid groups (broad SMARTS) is 1. The normalized spacial score (nSPS) is 10.5. The summed E-state index contributed by atoms with van der Waals surface area (Å²) in [5, 5.41) is 9.02. The third-order valence-corrected chi connectivity index (χ3v) is 3.47. The van der Waals surface area contributed by atoms with E-state index in [1.807, 2.05) is 24.3 Å². The lowest BCUT2D eigenvalue weighted by atomic mass is 10.1. The van der Waals surface area contributed by atoms with Crippen LogP contribution >= 0.6 is 0 Å². The summed E-state index contributed by atoms with van der Waals surface area (Å²) < 4.78 is 5.75. The lowest BCUT2D eigenvalue weighted by Gasteiger charge is -2.08. The van der Waals surface area contributed by atoms with E-state index in [0.29, 0.717) is 12.3 Å². The van der Waals surface area contributed by atoms with Gasteiger partial charge in [0.25, 0.3) is 0 Å². The molecule has 5 heteroatoms. The highest BCUT2D eigenvalue weighted by molar-refractivity contribution is 5.86. The minimum Gasteiger partial charge on any atom is -0.494 e. The molecule has 0 radical (unpaired) electrons. The molecule has 0 unspecified atom stereocenters. The molecule has 1 aromatic carbocycles. The Balaban J connectivity index is 1.97. The highest BCUT2D eigenvalue weighted by Gasteiger charge is 2.07. The van der Waals surface area contributed by atoms with Crippen molar-refractivity contribution >= 4 is 5.97 Å². The molecule has 23 heavy (non-hydrogen) atoms. The van der Waals surface area contributed by atoms with Crippen molar-refractivity contribution in [2.45, 2.75) is 25.7 Å². The SMILES string of the molecule is NCCCCCCOc1cccc(-c2cccc(C(=O)O)n2)c1.